The normalized spacial score (nSPS) is 22.2. The number of hydrogen-bond acceptors (Lipinski definition) is 4. The molecule has 0 radical (unpaired) electrons. The van der Waals surface area contributed by atoms with Gasteiger partial charge in [0, 0.05) is 19.6 Å². The van der Waals surface area contributed by atoms with Crippen LogP contribution in [0.1, 0.15) is 36.8 Å². The van der Waals surface area contributed by atoms with Crippen molar-refractivity contribution >= 4 is 12.0 Å². The molecular formula is C23H33N3O3. The number of amides is 2. The molecular weight excluding hydrogens is 366 g/mol. The number of cyclic esters (lactones) is 1. The van der Waals surface area contributed by atoms with Gasteiger partial charge in [0.25, 0.3) is 0 Å². The third-order valence-electron chi connectivity index (χ3n) is 7.02. The maximum Gasteiger partial charge on any atom is 0.410 e. The number of hydrogen-bond donors (Lipinski definition) is 0. The van der Waals surface area contributed by atoms with Gasteiger partial charge in [-0.1, -0.05) is 24.3 Å². The minimum atomic E-state index is -0.356. The van der Waals surface area contributed by atoms with Gasteiger partial charge in [-0.2, -0.15) is 0 Å². The molecule has 2 amide bonds. The number of carbonyl (C=O) groups is 2. The SMILES string of the molecule is Cc1ccccc1CN1CCC(C2CCN(C(=O)CN3CCOC3=O)CC2)CC1. The fourth-order valence-corrected chi connectivity index (χ4v) is 5.06. The summed E-state index contributed by atoms with van der Waals surface area (Å²) in [6.07, 6.45) is 4.37. The zero-order chi connectivity index (χ0) is 20.2. The Morgan fingerprint density at radius 1 is 1.00 bits per heavy atom. The van der Waals surface area contributed by atoms with E-state index in [1.807, 2.05) is 4.90 Å². The molecule has 3 saturated heterocycles. The third kappa shape index (κ3) is 4.92. The van der Waals surface area contributed by atoms with Crippen molar-refractivity contribution in [3.8, 4) is 0 Å². The van der Waals surface area contributed by atoms with Crippen molar-refractivity contribution in [2.75, 3.05) is 45.9 Å². The quantitative estimate of drug-likeness (QED) is 0.764. The molecule has 0 saturated carbocycles. The first-order valence-electron chi connectivity index (χ1n) is 11.1. The van der Waals surface area contributed by atoms with Gasteiger partial charge in [0.05, 0.1) is 6.54 Å². The van der Waals surface area contributed by atoms with Gasteiger partial charge in [0.15, 0.2) is 0 Å². The Hall–Kier alpha value is -2.08. The Labute approximate surface area is 173 Å². The minimum absolute atomic E-state index is 0.0651. The summed E-state index contributed by atoms with van der Waals surface area (Å²) < 4.78 is 4.91. The molecule has 1 aromatic carbocycles. The third-order valence-corrected chi connectivity index (χ3v) is 7.02. The first-order valence-corrected chi connectivity index (χ1v) is 11.1. The van der Waals surface area contributed by atoms with Crippen molar-refractivity contribution in [2.24, 2.45) is 11.8 Å². The molecule has 6 heteroatoms. The molecule has 3 heterocycles. The zero-order valence-corrected chi connectivity index (χ0v) is 17.5. The molecule has 0 aromatic heterocycles. The summed E-state index contributed by atoms with van der Waals surface area (Å²) >= 11 is 0. The van der Waals surface area contributed by atoms with Crippen LogP contribution in [0.15, 0.2) is 24.3 Å². The van der Waals surface area contributed by atoms with Crippen molar-refractivity contribution in [1.29, 1.82) is 0 Å². The second-order valence-corrected chi connectivity index (χ2v) is 8.79. The van der Waals surface area contributed by atoms with Crippen LogP contribution in [-0.2, 0) is 16.1 Å². The highest BCUT2D eigenvalue weighted by Crippen LogP contribution is 2.33. The predicted molar refractivity (Wildman–Crippen MR) is 111 cm³/mol. The highest BCUT2D eigenvalue weighted by atomic mass is 16.6. The second kappa shape index (κ2) is 9.16. The number of carbonyl (C=O) groups excluding carboxylic acids is 2. The zero-order valence-electron chi connectivity index (χ0n) is 17.5. The van der Waals surface area contributed by atoms with Gasteiger partial charge in [-0.05, 0) is 68.7 Å². The molecule has 29 heavy (non-hydrogen) atoms. The van der Waals surface area contributed by atoms with Crippen LogP contribution in [0.2, 0.25) is 0 Å². The lowest BCUT2D eigenvalue weighted by Gasteiger charge is -2.40. The average molecular weight is 400 g/mol. The smallest absolute Gasteiger partial charge is 0.410 e. The van der Waals surface area contributed by atoms with Crippen LogP contribution in [0.5, 0.6) is 0 Å². The monoisotopic (exact) mass is 399 g/mol. The van der Waals surface area contributed by atoms with Crippen molar-refractivity contribution < 1.29 is 14.3 Å². The summed E-state index contributed by atoms with van der Waals surface area (Å²) in [5.41, 5.74) is 2.83. The van der Waals surface area contributed by atoms with Crippen molar-refractivity contribution in [2.45, 2.75) is 39.2 Å². The van der Waals surface area contributed by atoms with E-state index in [9.17, 15) is 9.59 Å². The topological polar surface area (TPSA) is 53.1 Å². The fraction of sp³-hybridized carbons (Fsp3) is 0.652. The molecule has 4 rings (SSSR count). The number of benzene rings is 1. The molecule has 0 aliphatic carbocycles. The Morgan fingerprint density at radius 2 is 1.66 bits per heavy atom. The highest BCUT2D eigenvalue weighted by molar-refractivity contribution is 5.82. The number of piperidine rings is 2. The summed E-state index contributed by atoms with van der Waals surface area (Å²) in [4.78, 5) is 30.1. The van der Waals surface area contributed by atoms with Crippen LogP contribution < -0.4 is 0 Å². The van der Waals surface area contributed by atoms with E-state index >= 15 is 0 Å². The first kappa shape index (κ1) is 20.2. The molecule has 3 aliphatic rings. The van der Waals surface area contributed by atoms with Crippen LogP contribution in [0.3, 0.4) is 0 Å². The van der Waals surface area contributed by atoms with Gasteiger partial charge in [-0.25, -0.2) is 4.79 Å². The average Bonchev–Trinajstić information content (AvgIpc) is 3.15. The van der Waals surface area contributed by atoms with E-state index in [1.165, 1.54) is 42.0 Å². The second-order valence-electron chi connectivity index (χ2n) is 8.79. The standard InChI is InChI=1S/C23H33N3O3/c1-18-4-2-3-5-21(18)16-24-10-6-19(7-11-24)20-8-12-25(13-9-20)22(27)17-26-14-15-29-23(26)28/h2-5,19-20H,6-17H2,1H3. The lowest BCUT2D eigenvalue weighted by Crippen LogP contribution is -2.46. The summed E-state index contributed by atoms with van der Waals surface area (Å²) in [5.74, 6) is 1.58. The summed E-state index contributed by atoms with van der Waals surface area (Å²) in [6.45, 7) is 8.37. The number of aryl methyl sites for hydroxylation is 1. The maximum atomic E-state index is 12.5. The van der Waals surface area contributed by atoms with E-state index in [2.05, 4.69) is 36.1 Å². The van der Waals surface area contributed by atoms with Gasteiger partial charge in [0.1, 0.15) is 13.2 Å². The largest absolute Gasteiger partial charge is 0.448 e. The van der Waals surface area contributed by atoms with Gasteiger partial charge < -0.3 is 9.64 Å². The van der Waals surface area contributed by atoms with Crippen LogP contribution in [-0.4, -0.2) is 72.6 Å². The molecule has 3 fully saturated rings. The van der Waals surface area contributed by atoms with Crippen molar-refractivity contribution in [3.63, 3.8) is 0 Å². The molecule has 1 aromatic rings. The molecule has 0 bridgehead atoms. The van der Waals surface area contributed by atoms with Crippen LogP contribution >= 0.6 is 0 Å². The Balaban J connectivity index is 1.19. The van der Waals surface area contributed by atoms with E-state index in [1.54, 1.807) is 0 Å². The van der Waals surface area contributed by atoms with Gasteiger partial charge in [0.2, 0.25) is 5.91 Å². The number of ether oxygens (including phenoxy) is 1. The van der Waals surface area contributed by atoms with Gasteiger partial charge in [-0.3, -0.25) is 14.6 Å². The maximum absolute atomic E-state index is 12.5. The lowest BCUT2D eigenvalue weighted by atomic mass is 9.78. The van der Waals surface area contributed by atoms with E-state index in [4.69, 9.17) is 4.74 Å². The summed E-state index contributed by atoms with van der Waals surface area (Å²) in [5, 5.41) is 0. The van der Waals surface area contributed by atoms with Crippen LogP contribution in [0.4, 0.5) is 4.79 Å². The Morgan fingerprint density at radius 3 is 2.28 bits per heavy atom. The molecule has 158 valence electrons. The van der Waals surface area contributed by atoms with E-state index in [0.29, 0.717) is 13.2 Å². The minimum Gasteiger partial charge on any atom is -0.448 e. The first-order chi connectivity index (χ1) is 14.1. The van der Waals surface area contributed by atoms with E-state index in [0.717, 1.165) is 44.3 Å². The van der Waals surface area contributed by atoms with Crippen LogP contribution in [0.25, 0.3) is 0 Å². The molecule has 0 unspecified atom stereocenters. The lowest BCUT2D eigenvalue weighted by molar-refractivity contribution is -0.133. The molecule has 0 spiro atoms. The summed E-state index contributed by atoms with van der Waals surface area (Å²) in [7, 11) is 0. The predicted octanol–water partition coefficient (Wildman–Crippen LogP) is 2.90. The molecule has 0 N–H and O–H groups in total. The summed E-state index contributed by atoms with van der Waals surface area (Å²) in [6, 6.07) is 8.69. The van der Waals surface area contributed by atoms with Crippen molar-refractivity contribution in [1.82, 2.24) is 14.7 Å². The van der Waals surface area contributed by atoms with E-state index in [-0.39, 0.29) is 18.5 Å². The Bertz CT molecular complexity index is 722. The molecule has 0 atom stereocenters. The number of nitrogens with zero attached hydrogens (tertiary/aromatic N) is 3. The Kier molecular flexibility index (Phi) is 6.38. The highest BCUT2D eigenvalue weighted by Gasteiger charge is 2.32. The van der Waals surface area contributed by atoms with Gasteiger partial charge in [-0.15, -0.1) is 0 Å². The van der Waals surface area contributed by atoms with Crippen molar-refractivity contribution in [3.05, 3.63) is 35.4 Å². The molecule has 3 aliphatic heterocycles. The molecule has 6 nitrogen and oxygen atoms in total. The van der Waals surface area contributed by atoms with E-state index < -0.39 is 0 Å². The van der Waals surface area contributed by atoms with Gasteiger partial charge >= 0.3 is 6.09 Å². The fourth-order valence-electron chi connectivity index (χ4n) is 5.06. The number of rotatable bonds is 5. The van der Waals surface area contributed by atoms with Crippen LogP contribution in [0, 0.1) is 18.8 Å². The number of likely N-dealkylation sites (tertiary alicyclic amines) is 2.